The molecule has 12 heavy (non-hydrogen) atoms. The van der Waals surface area contributed by atoms with Crippen molar-refractivity contribution < 1.29 is 0 Å². The smallest absolute Gasteiger partial charge is 0.00671 e. The minimum atomic E-state index is 0.869. The molecule has 1 heteroatoms. The van der Waals surface area contributed by atoms with Crippen molar-refractivity contribution in [2.24, 2.45) is 5.92 Å². The molecule has 0 radical (unpaired) electrons. The molecule has 0 aromatic carbocycles. The van der Waals surface area contributed by atoms with Crippen LogP contribution in [0.4, 0.5) is 0 Å². The van der Waals surface area contributed by atoms with Crippen molar-refractivity contribution in [1.82, 2.24) is 5.32 Å². The van der Waals surface area contributed by atoms with Crippen LogP contribution in [0.2, 0.25) is 0 Å². The summed E-state index contributed by atoms with van der Waals surface area (Å²) in [5.41, 5.74) is 0. The van der Waals surface area contributed by atoms with E-state index in [4.69, 9.17) is 0 Å². The van der Waals surface area contributed by atoms with Gasteiger partial charge in [0.25, 0.3) is 0 Å². The summed E-state index contributed by atoms with van der Waals surface area (Å²) in [7, 11) is 0. The van der Waals surface area contributed by atoms with E-state index in [0.29, 0.717) is 0 Å². The summed E-state index contributed by atoms with van der Waals surface area (Å²) in [6.07, 6.45) is 11.7. The molecular formula is C11H21N. The predicted octanol–water partition coefficient (Wildman–Crippen LogP) is 2.71. The SMILES string of the molecule is C1CCNC(CCC2CC2)CC1. The molecule has 1 saturated carbocycles. The van der Waals surface area contributed by atoms with Crippen LogP contribution >= 0.6 is 0 Å². The third kappa shape index (κ3) is 2.78. The van der Waals surface area contributed by atoms with Crippen molar-refractivity contribution in [1.29, 1.82) is 0 Å². The number of hydrogen-bond acceptors (Lipinski definition) is 1. The number of nitrogens with one attached hydrogen (secondary N) is 1. The molecule has 70 valence electrons. The summed E-state index contributed by atoms with van der Waals surface area (Å²) in [4.78, 5) is 0. The fourth-order valence-corrected chi connectivity index (χ4v) is 2.19. The molecule has 0 bridgehead atoms. The van der Waals surface area contributed by atoms with E-state index >= 15 is 0 Å². The Balaban J connectivity index is 1.62. The van der Waals surface area contributed by atoms with E-state index < -0.39 is 0 Å². The molecule has 1 N–H and O–H groups in total. The standard InChI is InChI=1S/C11H21N/c1-2-4-11(12-9-3-1)8-7-10-5-6-10/h10-12H,1-9H2. The Morgan fingerprint density at radius 3 is 2.67 bits per heavy atom. The highest BCUT2D eigenvalue weighted by molar-refractivity contribution is 4.77. The normalized spacial score (nSPS) is 31.5. The van der Waals surface area contributed by atoms with E-state index in [0.717, 1.165) is 12.0 Å². The molecular weight excluding hydrogens is 146 g/mol. The van der Waals surface area contributed by atoms with Gasteiger partial charge in [-0.25, -0.2) is 0 Å². The molecule has 1 saturated heterocycles. The van der Waals surface area contributed by atoms with Crippen LogP contribution in [0, 0.1) is 5.92 Å². The topological polar surface area (TPSA) is 12.0 Å². The van der Waals surface area contributed by atoms with E-state index in [9.17, 15) is 0 Å². The van der Waals surface area contributed by atoms with Crippen molar-refractivity contribution in [2.75, 3.05) is 6.54 Å². The van der Waals surface area contributed by atoms with Crippen LogP contribution in [0.1, 0.15) is 51.4 Å². The summed E-state index contributed by atoms with van der Waals surface area (Å²) in [5, 5.41) is 3.66. The Bertz CT molecular complexity index is 121. The van der Waals surface area contributed by atoms with Crippen LogP contribution in [0.3, 0.4) is 0 Å². The lowest BCUT2D eigenvalue weighted by Gasteiger charge is -2.14. The van der Waals surface area contributed by atoms with Crippen LogP contribution in [0.15, 0.2) is 0 Å². The fraction of sp³-hybridized carbons (Fsp3) is 1.00. The Hall–Kier alpha value is -0.0400. The van der Waals surface area contributed by atoms with Gasteiger partial charge >= 0.3 is 0 Å². The maximum atomic E-state index is 3.66. The highest BCUT2D eigenvalue weighted by Crippen LogP contribution is 2.34. The summed E-state index contributed by atoms with van der Waals surface area (Å²) in [6, 6.07) is 0.869. The molecule has 2 aliphatic rings. The monoisotopic (exact) mass is 167 g/mol. The van der Waals surface area contributed by atoms with E-state index in [2.05, 4.69) is 5.32 Å². The zero-order valence-electron chi connectivity index (χ0n) is 8.02. The third-order valence-electron chi connectivity index (χ3n) is 3.28. The van der Waals surface area contributed by atoms with Gasteiger partial charge in [-0.1, -0.05) is 25.7 Å². The largest absolute Gasteiger partial charge is 0.314 e. The second-order valence-corrected chi connectivity index (χ2v) is 4.52. The molecule has 1 nitrogen and oxygen atoms in total. The summed E-state index contributed by atoms with van der Waals surface area (Å²) < 4.78 is 0. The lowest BCUT2D eigenvalue weighted by molar-refractivity contribution is 0.451. The molecule has 2 fully saturated rings. The number of hydrogen-bond donors (Lipinski definition) is 1. The Kier molecular flexibility index (Phi) is 3.04. The van der Waals surface area contributed by atoms with E-state index in [1.807, 2.05) is 0 Å². The molecule has 1 heterocycles. The van der Waals surface area contributed by atoms with Crippen LogP contribution in [-0.4, -0.2) is 12.6 Å². The molecule has 0 spiro atoms. The molecule has 1 atom stereocenters. The first kappa shape index (κ1) is 8.55. The molecule has 2 rings (SSSR count). The highest BCUT2D eigenvalue weighted by Gasteiger charge is 2.22. The summed E-state index contributed by atoms with van der Waals surface area (Å²) in [6.45, 7) is 1.27. The maximum Gasteiger partial charge on any atom is 0.00671 e. The second kappa shape index (κ2) is 4.27. The molecule has 0 aromatic heterocycles. The quantitative estimate of drug-likeness (QED) is 0.681. The zero-order valence-corrected chi connectivity index (χ0v) is 8.02. The fourth-order valence-electron chi connectivity index (χ4n) is 2.19. The first-order valence-corrected chi connectivity index (χ1v) is 5.68. The lowest BCUT2D eigenvalue weighted by Crippen LogP contribution is -2.28. The second-order valence-electron chi connectivity index (χ2n) is 4.52. The average Bonchev–Trinajstić information content (AvgIpc) is 2.90. The van der Waals surface area contributed by atoms with Gasteiger partial charge in [0.1, 0.15) is 0 Å². The van der Waals surface area contributed by atoms with Crippen molar-refractivity contribution >= 4 is 0 Å². The first-order valence-electron chi connectivity index (χ1n) is 5.68. The van der Waals surface area contributed by atoms with Crippen LogP contribution in [-0.2, 0) is 0 Å². The maximum absolute atomic E-state index is 3.66. The average molecular weight is 167 g/mol. The van der Waals surface area contributed by atoms with Gasteiger partial charge in [-0.3, -0.25) is 0 Å². The van der Waals surface area contributed by atoms with Gasteiger partial charge in [0.15, 0.2) is 0 Å². The highest BCUT2D eigenvalue weighted by atomic mass is 14.9. The van der Waals surface area contributed by atoms with Gasteiger partial charge in [-0.05, 0) is 38.1 Å². The summed E-state index contributed by atoms with van der Waals surface area (Å²) >= 11 is 0. The van der Waals surface area contributed by atoms with Gasteiger partial charge in [0, 0.05) is 6.04 Å². The van der Waals surface area contributed by atoms with Gasteiger partial charge in [0.05, 0.1) is 0 Å². The minimum Gasteiger partial charge on any atom is -0.314 e. The van der Waals surface area contributed by atoms with E-state index in [1.54, 1.807) is 0 Å². The Labute approximate surface area is 75.9 Å². The third-order valence-corrected chi connectivity index (χ3v) is 3.28. The Morgan fingerprint density at radius 2 is 1.83 bits per heavy atom. The van der Waals surface area contributed by atoms with Gasteiger partial charge in [-0.15, -0.1) is 0 Å². The van der Waals surface area contributed by atoms with E-state index in [1.165, 1.54) is 57.9 Å². The first-order chi connectivity index (χ1) is 5.95. The van der Waals surface area contributed by atoms with Crippen LogP contribution in [0.5, 0.6) is 0 Å². The van der Waals surface area contributed by atoms with Crippen molar-refractivity contribution in [3.63, 3.8) is 0 Å². The molecule has 0 amide bonds. The Morgan fingerprint density at radius 1 is 0.917 bits per heavy atom. The van der Waals surface area contributed by atoms with Crippen LogP contribution in [0.25, 0.3) is 0 Å². The van der Waals surface area contributed by atoms with Gasteiger partial charge in [0.2, 0.25) is 0 Å². The van der Waals surface area contributed by atoms with E-state index in [-0.39, 0.29) is 0 Å². The lowest BCUT2D eigenvalue weighted by atomic mass is 10.0. The zero-order chi connectivity index (χ0) is 8.23. The molecule has 0 aromatic rings. The summed E-state index contributed by atoms with van der Waals surface area (Å²) in [5.74, 6) is 1.12. The predicted molar refractivity (Wildman–Crippen MR) is 52.2 cm³/mol. The van der Waals surface area contributed by atoms with Crippen molar-refractivity contribution in [3.8, 4) is 0 Å². The minimum absolute atomic E-state index is 0.869. The van der Waals surface area contributed by atoms with Crippen LogP contribution < -0.4 is 5.32 Å². The van der Waals surface area contributed by atoms with Gasteiger partial charge < -0.3 is 5.32 Å². The molecule has 1 unspecified atom stereocenters. The molecule has 1 aliphatic carbocycles. The van der Waals surface area contributed by atoms with Crippen molar-refractivity contribution in [3.05, 3.63) is 0 Å². The van der Waals surface area contributed by atoms with Crippen molar-refractivity contribution in [2.45, 2.75) is 57.4 Å². The van der Waals surface area contributed by atoms with Gasteiger partial charge in [-0.2, -0.15) is 0 Å². The molecule has 1 aliphatic heterocycles. The number of rotatable bonds is 3.